The molecule has 0 saturated heterocycles. The molecule has 0 aromatic heterocycles. The minimum absolute atomic E-state index is 0.0917. The van der Waals surface area contributed by atoms with Crippen LogP contribution in [0.5, 0.6) is 0 Å². The molecule has 0 fully saturated rings. The van der Waals surface area contributed by atoms with Crippen molar-refractivity contribution in [1.82, 2.24) is 5.32 Å². The normalized spacial score (nSPS) is 16.9. The number of hydrogen-bond acceptors (Lipinski definition) is 4. The number of hydrogen-bond donors (Lipinski definition) is 2. The van der Waals surface area contributed by atoms with Crippen LogP contribution in [-0.2, 0) is 20.7 Å². The summed E-state index contributed by atoms with van der Waals surface area (Å²) in [6.45, 7) is 1.66. The van der Waals surface area contributed by atoms with Crippen molar-refractivity contribution in [2.24, 2.45) is 0 Å². The highest BCUT2D eigenvalue weighted by Gasteiger charge is 2.40. The molecule has 34 heavy (non-hydrogen) atoms. The second kappa shape index (κ2) is 8.67. The van der Waals surface area contributed by atoms with E-state index in [1.54, 1.807) is 12.1 Å². The molecule has 7 nitrogen and oxygen atoms in total. The fraction of sp³-hybridized carbons (Fsp3) is 0.222. The lowest BCUT2D eigenvalue weighted by molar-refractivity contribution is -0.140. The first-order valence-electron chi connectivity index (χ1n) is 11.2. The van der Waals surface area contributed by atoms with E-state index < -0.39 is 30.1 Å². The zero-order valence-electron chi connectivity index (χ0n) is 18.6. The standard InChI is InChI=1S/C27H24N2O5/c1-16(25(30)29-23-13-7-2-8-17(23)14-24(29)26(31)32)28-27(33)34-15-22-20-11-5-3-9-18(20)19-10-4-6-12-21(19)22/h2-13,16,22,24H,14-15H2,1H3,(H,28,33)(H,31,32)/t16-,24+/m1/s1. The number of fused-ring (bicyclic) bond motifs is 4. The molecule has 1 heterocycles. The summed E-state index contributed by atoms with van der Waals surface area (Å²) in [5, 5.41) is 12.2. The first-order valence-corrected chi connectivity index (χ1v) is 11.2. The number of benzene rings is 3. The van der Waals surface area contributed by atoms with Gasteiger partial charge in [0.1, 0.15) is 18.7 Å². The molecule has 2 N–H and O–H groups in total. The van der Waals surface area contributed by atoms with Gasteiger partial charge in [-0.15, -0.1) is 0 Å². The number of nitrogens with zero attached hydrogens (tertiary/aromatic N) is 1. The third-order valence-corrected chi connectivity index (χ3v) is 6.55. The number of carboxylic acid groups (broad SMARTS) is 1. The van der Waals surface area contributed by atoms with E-state index in [1.165, 1.54) is 11.8 Å². The predicted molar refractivity (Wildman–Crippen MR) is 127 cm³/mol. The van der Waals surface area contributed by atoms with Crippen molar-refractivity contribution in [3.05, 3.63) is 89.5 Å². The lowest BCUT2D eigenvalue weighted by Gasteiger charge is -2.26. The Labute approximate surface area is 197 Å². The highest BCUT2D eigenvalue weighted by atomic mass is 16.5. The number of alkyl carbamates (subject to hydrolysis) is 1. The van der Waals surface area contributed by atoms with Crippen LogP contribution < -0.4 is 10.2 Å². The van der Waals surface area contributed by atoms with E-state index in [0.29, 0.717) is 5.69 Å². The summed E-state index contributed by atoms with van der Waals surface area (Å²) in [6, 6.07) is 21.2. The quantitative estimate of drug-likeness (QED) is 0.606. The smallest absolute Gasteiger partial charge is 0.407 e. The Balaban J connectivity index is 1.27. The minimum Gasteiger partial charge on any atom is -0.480 e. The van der Waals surface area contributed by atoms with Crippen molar-refractivity contribution in [3.8, 4) is 11.1 Å². The van der Waals surface area contributed by atoms with Crippen molar-refractivity contribution in [2.75, 3.05) is 11.5 Å². The lowest BCUT2D eigenvalue weighted by Crippen LogP contribution is -2.52. The first-order chi connectivity index (χ1) is 16.5. The van der Waals surface area contributed by atoms with Gasteiger partial charge in [0.05, 0.1) is 0 Å². The molecule has 0 radical (unpaired) electrons. The molecule has 1 aliphatic carbocycles. The number of carboxylic acids is 1. The number of anilines is 1. The van der Waals surface area contributed by atoms with Gasteiger partial charge in [-0.2, -0.15) is 0 Å². The number of nitrogens with one attached hydrogen (secondary N) is 1. The molecule has 3 aromatic rings. The van der Waals surface area contributed by atoms with Crippen LogP contribution in [0.15, 0.2) is 72.8 Å². The summed E-state index contributed by atoms with van der Waals surface area (Å²) in [5.74, 6) is -1.67. The predicted octanol–water partition coefficient (Wildman–Crippen LogP) is 3.96. The molecule has 7 heteroatoms. The highest BCUT2D eigenvalue weighted by molar-refractivity contribution is 6.05. The Bertz CT molecular complexity index is 1240. The summed E-state index contributed by atoms with van der Waals surface area (Å²) in [7, 11) is 0. The third-order valence-electron chi connectivity index (χ3n) is 6.55. The summed E-state index contributed by atoms with van der Waals surface area (Å²) in [6.07, 6.45) is -0.489. The van der Waals surface area contributed by atoms with E-state index >= 15 is 0 Å². The van der Waals surface area contributed by atoms with Gasteiger partial charge in [-0.1, -0.05) is 66.7 Å². The summed E-state index contributed by atoms with van der Waals surface area (Å²) < 4.78 is 5.53. The highest BCUT2D eigenvalue weighted by Crippen LogP contribution is 2.44. The lowest BCUT2D eigenvalue weighted by atomic mass is 9.98. The maximum absolute atomic E-state index is 13.1. The first kappa shape index (κ1) is 21.7. The fourth-order valence-corrected chi connectivity index (χ4v) is 4.94. The van der Waals surface area contributed by atoms with Gasteiger partial charge in [0.2, 0.25) is 5.91 Å². The minimum atomic E-state index is -1.09. The number of amides is 2. The zero-order valence-corrected chi connectivity index (χ0v) is 18.6. The summed E-state index contributed by atoms with van der Waals surface area (Å²) >= 11 is 0. The monoisotopic (exact) mass is 456 g/mol. The van der Waals surface area contributed by atoms with Gasteiger partial charge >= 0.3 is 12.1 Å². The molecular formula is C27H24N2O5. The van der Waals surface area contributed by atoms with Crippen LogP contribution in [0.3, 0.4) is 0 Å². The van der Waals surface area contributed by atoms with Crippen LogP contribution >= 0.6 is 0 Å². The largest absolute Gasteiger partial charge is 0.480 e. The van der Waals surface area contributed by atoms with E-state index in [1.807, 2.05) is 48.5 Å². The molecule has 2 amide bonds. The Morgan fingerprint density at radius 3 is 2.21 bits per heavy atom. The van der Waals surface area contributed by atoms with Crippen LogP contribution in [0.2, 0.25) is 0 Å². The SMILES string of the molecule is C[C@@H](NC(=O)OCC1c2ccccc2-c2ccccc21)C(=O)N1c2ccccc2C[C@H]1C(=O)O. The number of carbonyl (C=O) groups is 3. The Morgan fingerprint density at radius 1 is 0.971 bits per heavy atom. The van der Waals surface area contributed by atoms with Gasteiger partial charge in [0.25, 0.3) is 0 Å². The summed E-state index contributed by atoms with van der Waals surface area (Å²) in [5.41, 5.74) is 5.79. The molecule has 2 atom stereocenters. The van der Waals surface area contributed by atoms with Crippen LogP contribution in [0.4, 0.5) is 10.5 Å². The number of rotatable bonds is 5. The molecule has 1 aliphatic heterocycles. The number of para-hydroxylation sites is 1. The molecule has 0 unspecified atom stereocenters. The van der Waals surface area contributed by atoms with E-state index in [0.717, 1.165) is 27.8 Å². The van der Waals surface area contributed by atoms with E-state index in [9.17, 15) is 19.5 Å². The topological polar surface area (TPSA) is 95.9 Å². The number of ether oxygens (including phenoxy) is 1. The van der Waals surface area contributed by atoms with Gasteiger partial charge in [0, 0.05) is 18.0 Å². The molecule has 2 aliphatic rings. The van der Waals surface area contributed by atoms with Crippen molar-refractivity contribution in [2.45, 2.75) is 31.3 Å². The van der Waals surface area contributed by atoms with Crippen LogP contribution in [0.25, 0.3) is 11.1 Å². The maximum Gasteiger partial charge on any atom is 0.407 e. The van der Waals surface area contributed by atoms with Gasteiger partial charge in [-0.25, -0.2) is 9.59 Å². The van der Waals surface area contributed by atoms with Gasteiger partial charge in [-0.3, -0.25) is 9.69 Å². The molecule has 172 valence electrons. The van der Waals surface area contributed by atoms with Gasteiger partial charge in [0.15, 0.2) is 0 Å². The average Bonchev–Trinajstić information content (AvgIpc) is 3.39. The van der Waals surface area contributed by atoms with Gasteiger partial charge in [-0.05, 0) is 40.8 Å². The van der Waals surface area contributed by atoms with E-state index in [2.05, 4.69) is 17.4 Å². The Kier molecular flexibility index (Phi) is 5.53. The zero-order chi connectivity index (χ0) is 23.8. The average molecular weight is 456 g/mol. The maximum atomic E-state index is 13.1. The number of aliphatic carboxylic acids is 1. The Hall–Kier alpha value is -4.13. The van der Waals surface area contributed by atoms with Crippen molar-refractivity contribution >= 4 is 23.7 Å². The van der Waals surface area contributed by atoms with Crippen molar-refractivity contribution in [1.29, 1.82) is 0 Å². The summed E-state index contributed by atoms with van der Waals surface area (Å²) in [4.78, 5) is 38.8. The number of carbonyl (C=O) groups excluding carboxylic acids is 2. The molecule has 0 spiro atoms. The van der Waals surface area contributed by atoms with Crippen molar-refractivity contribution in [3.63, 3.8) is 0 Å². The fourth-order valence-electron chi connectivity index (χ4n) is 4.94. The Morgan fingerprint density at radius 2 is 1.56 bits per heavy atom. The second-order valence-corrected chi connectivity index (χ2v) is 8.59. The van der Waals surface area contributed by atoms with E-state index in [4.69, 9.17) is 4.74 Å². The molecular weight excluding hydrogens is 432 g/mol. The molecule has 5 rings (SSSR count). The molecule has 3 aromatic carbocycles. The van der Waals surface area contributed by atoms with Crippen LogP contribution in [0, 0.1) is 0 Å². The third kappa shape index (κ3) is 3.69. The van der Waals surface area contributed by atoms with E-state index in [-0.39, 0.29) is 18.9 Å². The van der Waals surface area contributed by atoms with Crippen LogP contribution in [0.1, 0.15) is 29.5 Å². The van der Waals surface area contributed by atoms with Gasteiger partial charge < -0.3 is 15.2 Å². The van der Waals surface area contributed by atoms with Crippen molar-refractivity contribution < 1.29 is 24.2 Å². The molecule has 0 saturated carbocycles. The second-order valence-electron chi connectivity index (χ2n) is 8.59. The molecule has 0 bridgehead atoms. The van der Waals surface area contributed by atoms with Crippen LogP contribution in [-0.4, -0.2) is 41.8 Å².